The molecular weight excluding hydrogens is 409 g/mol. The molecule has 2 unspecified atom stereocenters. The molecule has 1 aliphatic carbocycles. The molecule has 1 aromatic rings. The second-order valence-electron chi connectivity index (χ2n) is 8.26. The number of hydrogen-bond acceptors (Lipinski definition) is 3. The number of halogens is 2. The molecule has 0 bridgehead atoms. The van der Waals surface area contributed by atoms with Gasteiger partial charge in [0.1, 0.15) is 0 Å². The van der Waals surface area contributed by atoms with E-state index in [-0.39, 0.29) is 23.9 Å². The number of benzene rings is 1. The molecule has 2 fully saturated rings. The van der Waals surface area contributed by atoms with E-state index >= 15 is 0 Å². The Labute approximate surface area is 183 Å². The molecule has 1 heterocycles. The third-order valence-electron chi connectivity index (χ3n) is 6.27. The van der Waals surface area contributed by atoms with Crippen LogP contribution in [0.2, 0.25) is 10.0 Å². The highest BCUT2D eigenvalue weighted by Crippen LogP contribution is 2.31. The third kappa shape index (κ3) is 5.44. The van der Waals surface area contributed by atoms with Crippen LogP contribution in [0, 0.1) is 5.92 Å². The average Bonchev–Trinajstić information content (AvgIpc) is 3.22. The molecule has 3 rings (SSSR count). The molecule has 0 radical (unpaired) electrons. The van der Waals surface area contributed by atoms with E-state index < -0.39 is 0 Å². The normalized spacial score (nSPS) is 20.5. The highest BCUT2D eigenvalue weighted by atomic mass is 35.5. The number of nitrogens with zero attached hydrogens (tertiary/aromatic N) is 2. The van der Waals surface area contributed by atoms with Crippen LogP contribution in [0.4, 0.5) is 0 Å². The van der Waals surface area contributed by atoms with Crippen molar-refractivity contribution in [3.8, 4) is 0 Å². The first-order valence-corrected chi connectivity index (χ1v) is 11.4. The van der Waals surface area contributed by atoms with Crippen LogP contribution in [0.1, 0.15) is 56.3 Å². The molecule has 0 aromatic heterocycles. The van der Waals surface area contributed by atoms with Crippen molar-refractivity contribution in [2.45, 2.75) is 58.0 Å². The summed E-state index contributed by atoms with van der Waals surface area (Å²) >= 11 is 12.2. The molecule has 0 spiro atoms. The van der Waals surface area contributed by atoms with Gasteiger partial charge in [0.05, 0.1) is 16.6 Å². The molecule has 2 aliphatic rings. The van der Waals surface area contributed by atoms with Gasteiger partial charge in [0.25, 0.3) is 5.91 Å². The van der Waals surface area contributed by atoms with Crippen LogP contribution < -0.4 is 5.32 Å². The van der Waals surface area contributed by atoms with E-state index in [4.69, 9.17) is 23.2 Å². The second-order valence-corrected chi connectivity index (χ2v) is 9.10. The summed E-state index contributed by atoms with van der Waals surface area (Å²) in [6.45, 7) is 6.73. The SMILES string of the molecule is CCC(C)NC(=O)C(C1CCCC1)N1CCN(C(=O)c2ccc(Cl)cc2Cl)CC1. The lowest BCUT2D eigenvalue weighted by atomic mass is 9.94. The van der Waals surface area contributed by atoms with Gasteiger partial charge in [-0.1, -0.05) is 43.0 Å². The largest absolute Gasteiger partial charge is 0.352 e. The maximum absolute atomic E-state index is 13.0. The Morgan fingerprint density at radius 3 is 2.38 bits per heavy atom. The summed E-state index contributed by atoms with van der Waals surface area (Å²) in [4.78, 5) is 30.0. The molecule has 7 heteroatoms. The zero-order valence-corrected chi connectivity index (χ0v) is 18.8. The standard InChI is InChI=1S/C22H31Cl2N3O2/c1-3-15(2)25-21(28)20(16-6-4-5-7-16)26-10-12-27(13-11-26)22(29)18-9-8-17(23)14-19(18)24/h8-9,14-16,20H,3-7,10-13H2,1-2H3,(H,25,28). The number of carbonyl (C=O) groups is 2. The first-order chi connectivity index (χ1) is 13.9. The number of hydrogen-bond donors (Lipinski definition) is 1. The van der Waals surface area contributed by atoms with Gasteiger partial charge >= 0.3 is 0 Å². The van der Waals surface area contributed by atoms with Crippen LogP contribution >= 0.6 is 23.2 Å². The minimum atomic E-state index is -0.0946. The minimum absolute atomic E-state index is 0.0761. The van der Waals surface area contributed by atoms with E-state index in [2.05, 4.69) is 24.1 Å². The van der Waals surface area contributed by atoms with Gasteiger partial charge in [-0.15, -0.1) is 0 Å². The molecule has 2 amide bonds. The van der Waals surface area contributed by atoms with Gasteiger partial charge in [0.2, 0.25) is 5.91 Å². The maximum atomic E-state index is 13.0. The molecule has 1 aliphatic heterocycles. The van der Waals surface area contributed by atoms with Crippen molar-refractivity contribution in [1.82, 2.24) is 15.1 Å². The van der Waals surface area contributed by atoms with Gasteiger partial charge in [-0.25, -0.2) is 0 Å². The second kappa shape index (κ2) is 10.1. The summed E-state index contributed by atoms with van der Waals surface area (Å²) < 4.78 is 0. The molecule has 29 heavy (non-hydrogen) atoms. The maximum Gasteiger partial charge on any atom is 0.255 e. The zero-order valence-electron chi connectivity index (χ0n) is 17.3. The van der Waals surface area contributed by atoms with E-state index in [1.165, 1.54) is 12.8 Å². The van der Waals surface area contributed by atoms with E-state index in [0.717, 1.165) is 19.3 Å². The quantitative estimate of drug-likeness (QED) is 0.721. The van der Waals surface area contributed by atoms with E-state index in [9.17, 15) is 9.59 Å². The lowest BCUT2D eigenvalue weighted by Gasteiger charge is -2.41. The third-order valence-corrected chi connectivity index (χ3v) is 6.82. The van der Waals surface area contributed by atoms with Crippen LogP contribution in [0.25, 0.3) is 0 Å². The Morgan fingerprint density at radius 1 is 1.14 bits per heavy atom. The molecule has 1 N–H and O–H groups in total. The van der Waals surface area contributed by atoms with Crippen LogP contribution in [-0.4, -0.2) is 59.9 Å². The van der Waals surface area contributed by atoms with Crippen molar-refractivity contribution in [3.05, 3.63) is 33.8 Å². The van der Waals surface area contributed by atoms with E-state index in [0.29, 0.717) is 47.7 Å². The van der Waals surface area contributed by atoms with Gasteiger partial charge in [-0.2, -0.15) is 0 Å². The van der Waals surface area contributed by atoms with Crippen molar-refractivity contribution >= 4 is 35.0 Å². The van der Waals surface area contributed by atoms with Crippen LogP contribution in [0.3, 0.4) is 0 Å². The summed E-state index contributed by atoms with van der Waals surface area (Å²) in [5, 5.41) is 4.08. The molecule has 160 valence electrons. The molecule has 1 saturated heterocycles. The Morgan fingerprint density at radius 2 is 1.79 bits per heavy atom. The fourth-order valence-electron chi connectivity index (χ4n) is 4.42. The Kier molecular flexibility index (Phi) is 7.83. The minimum Gasteiger partial charge on any atom is -0.352 e. The van der Waals surface area contributed by atoms with Crippen LogP contribution in [0.15, 0.2) is 18.2 Å². The van der Waals surface area contributed by atoms with Crippen molar-refractivity contribution in [3.63, 3.8) is 0 Å². The van der Waals surface area contributed by atoms with E-state index in [1.54, 1.807) is 18.2 Å². The molecule has 2 atom stereocenters. The summed E-state index contributed by atoms with van der Waals surface area (Å²) in [6.07, 6.45) is 5.54. The highest BCUT2D eigenvalue weighted by Gasteiger charge is 2.37. The predicted molar refractivity (Wildman–Crippen MR) is 118 cm³/mol. The summed E-state index contributed by atoms with van der Waals surface area (Å²) in [5.41, 5.74) is 0.478. The summed E-state index contributed by atoms with van der Waals surface area (Å²) in [5.74, 6) is 0.478. The first kappa shape index (κ1) is 22.4. The monoisotopic (exact) mass is 439 g/mol. The van der Waals surface area contributed by atoms with Gasteiger partial charge in [-0.05, 0) is 50.3 Å². The van der Waals surface area contributed by atoms with Gasteiger partial charge < -0.3 is 10.2 Å². The molecule has 1 aromatic carbocycles. The Bertz CT molecular complexity index is 729. The molecule has 1 saturated carbocycles. The number of piperazine rings is 1. The van der Waals surface area contributed by atoms with Crippen LogP contribution in [0.5, 0.6) is 0 Å². The fourth-order valence-corrected chi connectivity index (χ4v) is 4.91. The molecular formula is C22H31Cl2N3O2. The smallest absolute Gasteiger partial charge is 0.255 e. The number of rotatable bonds is 6. The van der Waals surface area contributed by atoms with Gasteiger partial charge in [0.15, 0.2) is 0 Å². The molecule has 5 nitrogen and oxygen atoms in total. The zero-order chi connectivity index (χ0) is 21.0. The van der Waals surface area contributed by atoms with Gasteiger partial charge in [0, 0.05) is 37.2 Å². The van der Waals surface area contributed by atoms with Crippen molar-refractivity contribution in [1.29, 1.82) is 0 Å². The van der Waals surface area contributed by atoms with Crippen molar-refractivity contribution < 1.29 is 9.59 Å². The van der Waals surface area contributed by atoms with Crippen molar-refractivity contribution in [2.75, 3.05) is 26.2 Å². The predicted octanol–water partition coefficient (Wildman–Crippen LogP) is 4.22. The Balaban J connectivity index is 1.66. The first-order valence-electron chi connectivity index (χ1n) is 10.7. The number of nitrogens with one attached hydrogen (secondary N) is 1. The van der Waals surface area contributed by atoms with Gasteiger partial charge in [-0.3, -0.25) is 14.5 Å². The summed E-state index contributed by atoms with van der Waals surface area (Å²) in [6, 6.07) is 5.05. The lowest BCUT2D eigenvalue weighted by Crippen LogP contribution is -2.58. The summed E-state index contributed by atoms with van der Waals surface area (Å²) in [7, 11) is 0. The Hall–Kier alpha value is -1.30. The van der Waals surface area contributed by atoms with E-state index in [1.807, 2.05) is 4.90 Å². The van der Waals surface area contributed by atoms with Crippen LogP contribution in [-0.2, 0) is 4.79 Å². The highest BCUT2D eigenvalue weighted by molar-refractivity contribution is 6.36. The topological polar surface area (TPSA) is 52.7 Å². The number of amides is 2. The fraction of sp³-hybridized carbons (Fsp3) is 0.636. The van der Waals surface area contributed by atoms with Crippen molar-refractivity contribution in [2.24, 2.45) is 5.92 Å². The average molecular weight is 440 g/mol. The number of carbonyl (C=O) groups excluding carboxylic acids is 2. The lowest BCUT2D eigenvalue weighted by molar-refractivity contribution is -0.129.